The molecule has 2 aromatic rings. The van der Waals surface area contributed by atoms with Crippen LogP contribution in [0.4, 0.5) is 4.39 Å². The second kappa shape index (κ2) is 6.51. The van der Waals surface area contributed by atoms with Gasteiger partial charge in [0.1, 0.15) is 5.82 Å². The SMILES string of the molecule is CN(Cc1ccc(F)cc1)Cc1ccc(C#N)cc1Cl. The van der Waals surface area contributed by atoms with Crippen LogP contribution in [0.1, 0.15) is 16.7 Å². The van der Waals surface area contributed by atoms with Crippen molar-refractivity contribution in [2.45, 2.75) is 13.1 Å². The minimum atomic E-state index is -0.230. The van der Waals surface area contributed by atoms with Gasteiger partial charge in [-0.25, -0.2) is 4.39 Å². The van der Waals surface area contributed by atoms with E-state index in [0.29, 0.717) is 23.7 Å². The lowest BCUT2D eigenvalue weighted by molar-refractivity contribution is 0.319. The van der Waals surface area contributed by atoms with Gasteiger partial charge in [0.15, 0.2) is 0 Å². The molecule has 0 N–H and O–H groups in total. The highest BCUT2D eigenvalue weighted by Gasteiger charge is 2.06. The Balaban J connectivity index is 2.03. The van der Waals surface area contributed by atoms with Crippen molar-refractivity contribution in [2.75, 3.05) is 7.05 Å². The maximum atomic E-state index is 12.8. The van der Waals surface area contributed by atoms with Crippen molar-refractivity contribution in [2.24, 2.45) is 0 Å². The zero-order valence-corrected chi connectivity index (χ0v) is 11.9. The van der Waals surface area contributed by atoms with E-state index in [1.807, 2.05) is 13.1 Å². The van der Waals surface area contributed by atoms with E-state index in [0.717, 1.165) is 11.1 Å². The molecule has 0 fully saturated rings. The molecular weight excluding hydrogens is 275 g/mol. The minimum absolute atomic E-state index is 0.230. The number of rotatable bonds is 4. The molecule has 0 spiro atoms. The topological polar surface area (TPSA) is 27.0 Å². The van der Waals surface area contributed by atoms with Crippen molar-refractivity contribution in [3.8, 4) is 6.07 Å². The van der Waals surface area contributed by atoms with E-state index in [1.165, 1.54) is 12.1 Å². The smallest absolute Gasteiger partial charge is 0.123 e. The van der Waals surface area contributed by atoms with Crippen LogP contribution in [0.3, 0.4) is 0 Å². The standard InChI is InChI=1S/C16H14ClFN2/c1-20(10-12-3-6-15(18)7-4-12)11-14-5-2-13(9-19)8-16(14)17/h2-8H,10-11H2,1H3. The molecule has 2 nitrogen and oxygen atoms in total. The molecule has 4 heteroatoms. The van der Waals surface area contributed by atoms with Gasteiger partial charge in [-0.3, -0.25) is 4.90 Å². The molecule has 2 aromatic carbocycles. The Hall–Kier alpha value is -1.89. The average Bonchev–Trinajstić information content (AvgIpc) is 2.43. The largest absolute Gasteiger partial charge is 0.298 e. The molecule has 0 atom stereocenters. The molecule has 0 unspecified atom stereocenters. The molecule has 0 saturated carbocycles. The van der Waals surface area contributed by atoms with Crippen LogP contribution in [0.2, 0.25) is 5.02 Å². The van der Waals surface area contributed by atoms with Gasteiger partial charge in [0.05, 0.1) is 11.6 Å². The zero-order chi connectivity index (χ0) is 14.5. The molecular formula is C16H14ClFN2. The fourth-order valence-corrected chi connectivity index (χ4v) is 2.23. The van der Waals surface area contributed by atoms with Gasteiger partial charge in [0.2, 0.25) is 0 Å². The summed E-state index contributed by atoms with van der Waals surface area (Å²) in [4.78, 5) is 2.08. The predicted molar refractivity (Wildman–Crippen MR) is 77.7 cm³/mol. The fourth-order valence-electron chi connectivity index (χ4n) is 1.99. The maximum Gasteiger partial charge on any atom is 0.123 e. The Morgan fingerprint density at radius 2 is 1.85 bits per heavy atom. The number of nitriles is 1. The van der Waals surface area contributed by atoms with Gasteiger partial charge in [-0.15, -0.1) is 0 Å². The third-order valence-electron chi connectivity index (χ3n) is 2.99. The first-order valence-corrected chi connectivity index (χ1v) is 6.58. The molecule has 0 bridgehead atoms. The number of hydrogen-bond acceptors (Lipinski definition) is 2. The van der Waals surface area contributed by atoms with E-state index in [4.69, 9.17) is 16.9 Å². The van der Waals surface area contributed by atoms with Crippen LogP contribution in [-0.2, 0) is 13.1 Å². The van der Waals surface area contributed by atoms with Crippen molar-refractivity contribution in [3.05, 3.63) is 70.0 Å². The number of benzene rings is 2. The van der Waals surface area contributed by atoms with Gasteiger partial charge in [0, 0.05) is 18.1 Å². The molecule has 0 heterocycles. The molecule has 0 saturated heterocycles. The van der Waals surface area contributed by atoms with E-state index in [1.54, 1.807) is 24.3 Å². The molecule has 0 amide bonds. The summed E-state index contributed by atoms with van der Waals surface area (Å²) in [6.07, 6.45) is 0. The normalized spacial score (nSPS) is 10.6. The van der Waals surface area contributed by atoms with Crippen molar-refractivity contribution in [1.29, 1.82) is 5.26 Å². The molecule has 102 valence electrons. The quantitative estimate of drug-likeness (QED) is 0.851. The summed E-state index contributed by atoms with van der Waals surface area (Å²) in [6.45, 7) is 1.37. The number of hydrogen-bond donors (Lipinski definition) is 0. The first-order chi connectivity index (χ1) is 9.58. The Morgan fingerprint density at radius 1 is 1.15 bits per heavy atom. The van der Waals surface area contributed by atoms with Gasteiger partial charge in [0.25, 0.3) is 0 Å². The molecule has 0 aliphatic rings. The Kier molecular flexibility index (Phi) is 4.73. The number of halogens is 2. The third kappa shape index (κ3) is 3.80. The van der Waals surface area contributed by atoms with E-state index < -0.39 is 0 Å². The lowest BCUT2D eigenvalue weighted by atomic mass is 10.1. The first-order valence-electron chi connectivity index (χ1n) is 6.20. The third-order valence-corrected chi connectivity index (χ3v) is 3.34. The minimum Gasteiger partial charge on any atom is -0.298 e. The molecule has 2 rings (SSSR count). The average molecular weight is 289 g/mol. The Morgan fingerprint density at radius 3 is 2.45 bits per heavy atom. The van der Waals surface area contributed by atoms with E-state index in [9.17, 15) is 4.39 Å². The molecule has 0 radical (unpaired) electrons. The van der Waals surface area contributed by atoms with E-state index in [2.05, 4.69) is 11.0 Å². The van der Waals surface area contributed by atoms with Gasteiger partial charge >= 0.3 is 0 Å². The van der Waals surface area contributed by atoms with Crippen LogP contribution in [-0.4, -0.2) is 11.9 Å². The van der Waals surface area contributed by atoms with E-state index in [-0.39, 0.29) is 5.82 Å². The summed E-state index contributed by atoms with van der Waals surface area (Å²) in [5.74, 6) is -0.230. The van der Waals surface area contributed by atoms with Crippen molar-refractivity contribution in [1.82, 2.24) is 4.90 Å². The lowest BCUT2D eigenvalue weighted by Crippen LogP contribution is -2.17. The van der Waals surface area contributed by atoms with Crippen LogP contribution in [0, 0.1) is 17.1 Å². The highest BCUT2D eigenvalue weighted by molar-refractivity contribution is 6.31. The Bertz CT molecular complexity index is 632. The molecule has 0 aliphatic heterocycles. The summed E-state index contributed by atoms with van der Waals surface area (Å²) in [5, 5.41) is 9.39. The number of nitrogens with zero attached hydrogens (tertiary/aromatic N) is 2. The van der Waals surface area contributed by atoms with Crippen molar-refractivity contribution < 1.29 is 4.39 Å². The second-order valence-corrected chi connectivity index (χ2v) is 5.12. The van der Waals surface area contributed by atoms with Crippen molar-refractivity contribution in [3.63, 3.8) is 0 Å². The van der Waals surface area contributed by atoms with Gasteiger partial charge < -0.3 is 0 Å². The van der Waals surface area contributed by atoms with Crippen molar-refractivity contribution >= 4 is 11.6 Å². The van der Waals surface area contributed by atoms with Crippen LogP contribution >= 0.6 is 11.6 Å². The summed E-state index contributed by atoms with van der Waals surface area (Å²) in [5.41, 5.74) is 2.56. The van der Waals surface area contributed by atoms with Crippen LogP contribution in [0.25, 0.3) is 0 Å². The van der Waals surface area contributed by atoms with Crippen LogP contribution in [0.5, 0.6) is 0 Å². The lowest BCUT2D eigenvalue weighted by Gasteiger charge is -2.17. The van der Waals surface area contributed by atoms with Gasteiger partial charge in [-0.05, 0) is 42.4 Å². The van der Waals surface area contributed by atoms with Gasteiger partial charge in [-0.2, -0.15) is 5.26 Å². The Labute approximate surface area is 123 Å². The van der Waals surface area contributed by atoms with E-state index >= 15 is 0 Å². The fraction of sp³-hybridized carbons (Fsp3) is 0.188. The summed E-state index contributed by atoms with van der Waals surface area (Å²) in [6, 6.07) is 13.8. The van der Waals surface area contributed by atoms with Crippen LogP contribution in [0.15, 0.2) is 42.5 Å². The maximum absolute atomic E-state index is 12.8. The second-order valence-electron chi connectivity index (χ2n) is 4.72. The van der Waals surface area contributed by atoms with Crippen LogP contribution < -0.4 is 0 Å². The summed E-state index contributed by atoms with van der Waals surface area (Å²) in [7, 11) is 1.97. The highest BCUT2D eigenvalue weighted by atomic mass is 35.5. The first kappa shape index (κ1) is 14.5. The highest BCUT2D eigenvalue weighted by Crippen LogP contribution is 2.19. The molecule has 0 aliphatic carbocycles. The molecule has 20 heavy (non-hydrogen) atoms. The van der Waals surface area contributed by atoms with Gasteiger partial charge in [-0.1, -0.05) is 29.8 Å². The monoisotopic (exact) mass is 288 g/mol. The molecule has 0 aromatic heterocycles. The summed E-state index contributed by atoms with van der Waals surface area (Å²) >= 11 is 6.15. The zero-order valence-electron chi connectivity index (χ0n) is 11.1. The predicted octanol–water partition coefficient (Wildman–Crippen LogP) is 3.98. The summed E-state index contributed by atoms with van der Waals surface area (Å²) < 4.78 is 12.8.